The first-order valence-corrected chi connectivity index (χ1v) is 32.7. The lowest BCUT2D eigenvalue weighted by Gasteiger charge is -2.40. The molecule has 0 amide bonds. The molecule has 0 aromatic carbocycles. The van der Waals surface area contributed by atoms with Gasteiger partial charge in [-0.05, 0) is 44.9 Å². The van der Waals surface area contributed by atoms with Gasteiger partial charge in [-0.2, -0.15) is 0 Å². The molecule has 6 atom stereocenters. The van der Waals surface area contributed by atoms with Crippen molar-refractivity contribution in [1.82, 2.24) is 0 Å². The molecular weight excluding hydrogens is 973 g/mol. The van der Waals surface area contributed by atoms with E-state index in [1.54, 1.807) is 0 Å². The zero-order valence-corrected chi connectivity index (χ0v) is 50.0. The van der Waals surface area contributed by atoms with Crippen LogP contribution < -0.4 is 0 Å². The number of esters is 3. The SMILES string of the molecule is CCCCCCCC/C=C\CCCCCCCCCC(=O)OC1C(OCC(COC(=O)CCCCCCCCCCCCCCCCCCCCC)OC(=O)CCCCCCCCCCCCC)OC(C(=O)O)C(O)C1O. The van der Waals surface area contributed by atoms with Gasteiger partial charge in [0, 0.05) is 19.3 Å². The molecule has 0 aliphatic carbocycles. The lowest BCUT2D eigenvalue weighted by atomic mass is 9.98. The lowest BCUT2D eigenvalue weighted by molar-refractivity contribution is -0.301. The van der Waals surface area contributed by atoms with Crippen LogP contribution in [0.5, 0.6) is 0 Å². The van der Waals surface area contributed by atoms with Crippen LogP contribution in [0.15, 0.2) is 12.2 Å². The van der Waals surface area contributed by atoms with E-state index in [-0.39, 0.29) is 25.9 Å². The molecule has 1 aliphatic heterocycles. The third kappa shape index (κ3) is 43.9. The van der Waals surface area contributed by atoms with Crippen LogP contribution >= 0.6 is 0 Å². The molecule has 77 heavy (non-hydrogen) atoms. The molecule has 1 fully saturated rings. The Hall–Kier alpha value is -2.54. The first-order chi connectivity index (χ1) is 37.6. The van der Waals surface area contributed by atoms with Gasteiger partial charge in [-0.1, -0.05) is 277 Å². The van der Waals surface area contributed by atoms with Gasteiger partial charge in [-0.25, -0.2) is 4.79 Å². The van der Waals surface area contributed by atoms with E-state index >= 15 is 0 Å². The number of carboxylic acid groups (broad SMARTS) is 1. The van der Waals surface area contributed by atoms with E-state index in [4.69, 9.17) is 23.7 Å². The number of unbranched alkanes of at least 4 members (excludes halogenated alkanes) is 41. The molecule has 3 N–H and O–H groups in total. The maximum Gasteiger partial charge on any atom is 0.335 e. The summed E-state index contributed by atoms with van der Waals surface area (Å²) in [7, 11) is 0. The van der Waals surface area contributed by atoms with Crippen molar-refractivity contribution in [3.63, 3.8) is 0 Å². The number of rotatable bonds is 57. The molecular formula is C65H120O12. The maximum absolute atomic E-state index is 13.1. The summed E-state index contributed by atoms with van der Waals surface area (Å²) in [5.74, 6) is -3.08. The predicted molar refractivity (Wildman–Crippen MR) is 313 cm³/mol. The number of carbonyl (C=O) groups excluding carboxylic acids is 3. The summed E-state index contributed by atoms with van der Waals surface area (Å²) >= 11 is 0. The molecule has 0 aromatic heterocycles. The molecule has 1 saturated heterocycles. The minimum Gasteiger partial charge on any atom is -0.479 e. The van der Waals surface area contributed by atoms with Gasteiger partial charge < -0.3 is 39.0 Å². The fourth-order valence-corrected chi connectivity index (χ4v) is 10.3. The maximum atomic E-state index is 13.1. The third-order valence-corrected chi connectivity index (χ3v) is 15.3. The van der Waals surface area contributed by atoms with E-state index in [1.807, 2.05) is 0 Å². The molecule has 6 unspecified atom stereocenters. The smallest absolute Gasteiger partial charge is 0.335 e. The zero-order chi connectivity index (χ0) is 56.1. The van der Waals surface area contributed by atoms with Crippen LogP contribution in [0, 0.1) is 0 Å². The Morgan fingerprint density at radius 1 is 0.416 bits per heavy atom. The molecule has 1 aliphatic rings. The van der Waals surface area contributed by atoms with Crippen LogP contribution in [0.1, 0.15) is 329 Å². The molecule has 0 spiro atoms. The fraction of sp³-hybridized carbons (Fsp3) is 0.908. The molecule has 0 saturated carbocycles. The second kappa shape index (κ2) is 54.1. The van der Waals surface area contributed by atoms with Gasteiger partial charge in [0.15, 0.2) is 24.6 Å². The first kappa shape index (κ1) is 72.5. The van der Waals surface area contributed by atoms with Crippen LogP contribution in [0.25, 0.3) is 0 Å². The van der Waals surface area contributed by atoms with Gasteiger partial charge in [0.25, 0.3) is 0 Å². The van der Waals surface area contributed by atoms with Crippen LogP contribution in [0.4, 0.5) is 0 Å². The van der Waals surface area contributed by atoms with Crippen LogP contribution in [-0.2, 0) is 42.9 Å². The summed E-state index contributed by atoms with van der Waals surface area (Å²) in [5, 5.41) is 31.5. The van der Waals surface area contributed by atoms with Crippen molar-refractivity contribution in [2.75, 3.05) is 13.2 Å². The molecule has 0 bridgehead atoms. The van der Waals surface area contributed by atoms with Crippen molar-refractivity contribution in [2.24, 2.45) is 0 Å². The Morgan fingerprint density at radius 2 is 0.740 bits per heavy atom. The second-order valence-corrected chi connectivity index (χ2v) is 22.8. The van der Waals surface area contributed by atoms with Crippen molar-refractivity contribution >= 4 is 23.9 Å². The monoisotopic (exact) mass is 1090 g/mol. The quantitative estimate of drug-likeness (QED) is 0.0228. The van der Waals surface area contributed by atoms with E-state index in [0.717, 1.165) is 70.6 Å². The van der Waals surface area contributed by atoms with Crippen molar-refractivity contribution < 1.29 is 58.2 Å². The number of allylic oxidation sites excluding steroid dienone is 2. The number of hydrogen-bond donors (Lipinski definition) is 3. The Balaban J connectivity index is 2.60. The number of aliphatic carboxylic acids is 1. The first-order valence-electron chi connectivity index (χ1n) is 32.7. The van der Waals surface area contributed by atoms with Crippen LogP contribution in [0.3, 0.4) is 0 Å². The largest absolute Gasteiger partial charge is 0.479 e. The number of carboxylic acids is 1. The molecule has 0 aromatic rings. The van der Waals surface area contributed by atoms with Gasteiger partial charge in [-0.3, -0.25) is 14.4 Å². The van der Waals surface area contributed by atoms with E-state index in [1.165, 1.54) is 199 Å². The summed E-state index contributed by atoms with van der Waals surface area (Å²) in [4.78, 5) is 51.2. The predicted octanol–water partition coefficient (Wildman–Crippen LogP) is 17.2. The molecule has 452 valence electrons. The van der Waals surface area contributed by atoms with Crippen molar-refractivity contribution in [1.29, 1.82) is 0 Å². The number of aliphatic hydroxyl groups is 2. The average Bonchev–Trinajstić information content (AvgIpc) is 3.42. The Labute approximate surface area is 471 Å². The number of carbonyl (C=O) groups is 4. The van der Waals surface area contributed by atoms with E-state index < -0.39 is 67.3 Å². The fourth-order valence-electron chi connectivity index (χ4n) is 10.3. The number of hydrogen-bond acceptors (Lipinski definition) is 11. The van der Waals surface area contributed by atoms with Crippen LogP contribution in [-0.4, -0.2) is 89.2 Å². The van der Waals surface area contributed by atoms with E-state index in [0.29, 0.717) is 19.3 Å². The molecule has 12 nitrogen and oxygen atoms in total. The van der Waals surface area contributed by atoms with Crippen molar-refractivity contribution in [3.8, 4) is 0 Å². The highest BCUT2D eigenvalue weighted by Crippen LogP contribution is 2.27. The summed E-state index contributed by atoms with van der Waals surface area (Å²) in [6, 6.07) is 0. The Kier molecular flexibility index (Phi) is 50.9. The normalized spacial score (nSPS) is 18.0. The minimum absolute atomic E-state index is 0.0620. The minimum atomic E-state index is -1.90. The molecule has 12 heteroatoms. The summed E-state index contributed by atoms with van der Waals surface area (Å²) in [5.41, 5.74) is 0. The Morgan fingerprint density at radius 3 is 1.10 bits per heavy atom. The standard InChI is InChI=1S/C65H120O12/c1-4-7-10-13-16-19-22-24-26-28-29-31-32-34-37-39-42-45-48-51-57(66)73-54-56(75-58(67)52-49-46-43-40-36-21-18-15-12-9-6-3)55-74-65-63(61(70)60(69)62(77-65)64(71)72)76-59(68)53-50-47-44-41-38-35-33-30-27-25-23-20-17-14-11-8-5-2/h25,27,56,60-63,65,69-70H,4-24,26,28-55H2,1-3H3,(H,71,72)/b27-25-. The van der Waals surface area contributed by atoms with Gasteiger partial charge in [-0.15, -0.1) is 0 Å². The Bertz CT molecular complexity index is 1390. The lowest BCUT2D eigenvalue weighted by Crippen LogP contribution is -2.61. The van der Waals surface area contributed by atoms with Gasteiger partial charge in [0.1, 0.15) is 18.8 Å². The van der Waals surface area contributed by atoms with Gasteiger partial charge in [0.05, 0.1) is 6.61 Å². The summed E-state index contributed by atoms with van der Waals surface area (Å²) in [6.45, 7) is 6.04. The average molecular weight is 1090 g/mol. The molecule has 1 rings (SSSR count). The van der Waals surface area contributed by atoms with Gasteiger partial charge in [0.2, 0.25) is 0 Å². The number of ether oxygens (including phenoxy) is 5. The summed E-state index contributed by atoms with van der Waals surface area (Å²) < 4.78 is 28.5. The van der Waals surface area contributed by atoms with Crippen LogP contribution in [0.2, 0.25) is 0 Å². The molecule has 1 heterocycles. The molecule has 0 radical (unpaired) electrons. The second-order valence-electron chi connectivity index (χ2n) is 22.8. The third-order valence-electron chi connectivity index (χ3n) is 15.3. The highest BCUT2D eigenvalue weighted by Gasteiger charge is 2.50. The topological polar surface area (TPSA) is 175 Å². The summed E-state index contributed by atoms with van der Waals surface area (Å²) in [6.07, 6.45) is 48.9. The van der Waals surface area contributed by atoms with Crippen molar-refractivity contribution in [3.05, 3.63) is 12.2 Å². The van der Waals surface area contributed by atoms with Gasteiger partial charge >= 0.3 is 23.9 Å². The van der Waals surface area contributed by atoms with Crippen molar-refractivity contribution in [2.45, 2.75) is 366 Å². The van der Waals surface area contributed by atoms with E-state index in [9.17, 15) is 34.5 Å². The highest BCUT2D eigenvalue weighted by molar-refractivity contribution is 5.74. The van der Waals surface area contributed by atoms with E-state index in [2.05, 4.69) is 32.9 Å². The zero-order valence-electron chi connectivity index (χ0n) is 50.0. The highest BCUT2D eigenvalue weighted by atomic mass is 16.7. The number of aliphatic hydroxyl groups excluding tert-OH is 2.